The van der Waals surface area contributed by atoms with Crippen molar-refractivity contribution in [3.63, 3.8) is 0 Å². The Morgan fingerprint density at radius 1 is 0.976 bits per heavy atom. The van der Waals surface area contributed by atoms with Crippen molar-refractivity contribution in [2.24, 2.45) is 7.05 Å². The van der Waals surface area contributed by atoms with Crippen LogP contribution in [0, 0.1) is 0 Å². The van der Waals surface area contributed by atoms with Crippen LogP contribution in [0.15, 0.2) is 48.9 Å². The van der Waals surface area contributed by atoms with E-state index in [1.807, 2.05) is 85.1 Å². The zero-order chi connectivity index (χ0) is 29.5. The van der Waals surface area contributed by atoms with E-state index in [0.717, 1.165) is 27.8 Å². The van der Waals surface area contributed by atoms with Crippen LogP contribution in [-0.2, 0) is 23.1 Å². The fourth-order valence-electron chi connectivity index (χ4n) is 4.84. The average Bonchev–Trinajstić information content (AvgIpc) is 3.24. The van der Waals surface area contributed by atoms with Crippen molar-refractivity contribution in [1.82, 2.24) is 19.7 Å². The van der Waals surface area contributed by atoms with Crippen LogP contribution in [0.25, 0.3) is 16.7 Å². The van der Waals surface area contributed by atoms with E-state index in [9.17, 15) is 9.59 Å². The van der Waals surface area contributed by atoms with Gasteiger partial charge in [0.15, 0.2) is 0 Å². The third-order valence-electron chi connectivity index (χ3n) is 6.64. The van der Waals surface area contributed by atoms with Gasteiger partial charge in [0.1, 0.15) is 29.4 Å². The van der Waals surface area contributed by atoms with Crippen LogP contribution in [0.1, 0.15) is 59.1 Å². The summed E-state index contributed by atoms with van der Waals surface area (Å²) in [5.41, 5.74) is 3.80. The number of fused-ring (bicyclic) bond motifs is 2. The molecular formula is C31H37N5O5. The molecule has 2 aliphatic rings. The molecule has 0 aliphatic carbocycles. The monoisotopic (exact) mass is 559 g/mol. The van der Waals surface area contributed by atoms with E-state index < -0.39 is 17.3 Å². The second kappa shape index (κ2) is 10.6. The number of hydrogen-bond donors (Lipinski definition) is 0. The van der Waals surface area contributed by atoms with Gasteiger partial charge in [-0.3, -0.25) is 4.68 Å². The maximum Gasteiger partial charge on any atom is 0.420 e. The van der Waals surface area contributed by atoms with Crippen molar-refractivity contribution in [3.8, 4) is 16.9 Å². The molecule has 0 atom stereocenters. The van der Waals surface area contributed by atoms with Crippen molar-refractivity contribution in [3.05, 3.63) is 60.1 Å². The average molecular weight is 560 g/mol. The number of hydrogen-bond acceptors (Lipinski definition) is 7. The van der Waals surface area contributed by atoms with E-state index in [-0.39, 0.29) is 12.7 Å². The number of pyridine rings is 1. The molecule has 0 spiro atoms. The van der Waals surface area contributed by atoms with Gasteiger partial charge in [-0.2, -0.15) is 5.10 Å². The second-order valence-electron chi connectivity index (χ2n) is 12.3. The van der Waals surface area contributed by atoms with Gasteiger partial charge in [-0.05, 0) is 82.9 Å². The van der Waals surface area contributed by atoms with Gasteiger partial charge in [-0.1, -0.05) is 12.1 Å². The summed E-state index contributed by atoms with van der Waals surface area (Å²) >= 11 is 0. The Kier molecular flexibility index (Phi) is 7.27. The number of aryl methyl sites for hydroxylation is 1. The topological polar surface area (TPSA) is 99.0 Å². The molecule has 2 amide bonds. The van der Waals surface area contributed by atoms with E-state index in [1.54, 1.807) is 22.0 Å². The van der Waals surface area contributed by atoms with E-state index in [1.165, 1.54) is 4.90 Å². The summed E-state index contributed by atoms with van der Waals surface area (Å²) in [5, 5.41) is 4.32. The highest BCUT2D eigenvalue weighted by atomic mass is 16.6. The van der Waals surface area contributed by atoms with Crippen LogP contribution >= 0.6 is 0 Å². The van der Waals surface area contributed by atoms with Gasteiger partial charge >= 0.3 is 12.2 Å². The molecule has 0 fully saturated rings. The standard InChI is InChI=1S/C31H37N5O5/c1-30(2,3)40-28(37)35-14-11-20(12-15-35)21-8-9-26-25(16-21)36(29(38)41-31(4,5)6)27-24(19-39-26)23(10-13-32-27)22-17-33-34(7)18-22/h8-11,13,16-18H,12,14-15,19H2,1-7H3. The highest BCUT2D eigenvalue weighted by Crippen LogP contribution is 2.43. The lowest BCUT2D eigenvalue weighted by Gasteiger charge is -2.30. The lowest BCUT2D eigenvalue weighted by atomic mass is 9.98. The zero-order valence-electron chi connectivity index (χ0n) is 24.7. The number of rotatable bonds is 2. The molecule has 4 heterocycles. The summed E-state index contributed by atoms with van der Waals surface area (Å²) in [6.07, 6.45) is 7.17. The normalized spacial score (nSPS) is 15.2. The molecule has 0 radical (unpaired) electrons. The van der Waals surface area contributed by atoms with Crippen molar-refractivity contribution in [1.29, 1.82) is 0 Å². The molecule has 1 aromatic carbocycles. The fraction of sp³-hybridized carbons (Fsp3) is 0.419. The van der Waals surface area contributed by atoms with E-state index >= 15 is 0 Å². The van der Waals surface area contributed by atoms with Gasteiger partial charge in [0.2, 0.25) is 0 Å². The number of nitrogens with zero attached hydrogens (tertiary/aromatic N) is 5. The number of aromatic nitrogens is 3. The number of benzene rings is 1. The summed E-state index contributed by atoms with van der Waals surface area (Å²) in [7, 11) is 1.86. The highest BCUT2D eigenvalue weighted by molar-refractivity contribution is 5.99. The van der Waals surface area contributed by atoms with Crippen LogP contribution in [0.4, 0.5) is 21.1 Å². The van der Waals surface area contributed by atoms with Crippen molar-refractivity contribution >= 4 is 29.3 Å². The molecule has 216 valence electrons. The third-order valence-corrected chi connectivity index (χ3v) is 6.64. The van der Waals surface area contributed by atoms with Gasteiger partial charge < -0.3 is 19.1 Å². The SMILES string of the molecule is Cn1cc(-c2ccnc3c2COc2ccc(C4=CCN(C(=O)OC(C)(C)C)CC4)cc2N3C(=O)OC(C)(C)C)cn1. The smallest absolute Gasteiger partial charge is 0.420 e. The fourth-order valence-corrected chi connectivity index (χ4v) is 4.84. The van der Waals surface area contributed by atoms with E-state index in [4.69, 9.17) is 14.2 Å². The van der Waals surface area contributed by atoms with Gasteiger partial charge in [0.25, 0.3) is 0 Å². The zero-order valence-corrected chi connectivity index (χ0v) is 24.7. The Morgan fingerprint density at radius 3 is 2.34 bits per heavy atom. The third kappa shape index (κ3) is 6.21. The second-order valence-corrected chi connectivity index (χ2v) is 12.3. The predicted molar refractivity (Wildman–Crippen MR) is 156 cm³/mol. The Morgan fingerprint density at radius 2 is 1.71 bits per heavy atom. The first-order chi connectivity index (χ1) is 19.3. The summed E-state index contributed by atoms with van der Waals surface area (Å²) in [6, 6.07) is 7.68. The number of carbonyl (C=O) groups excluding carboxylic acids is 2. The predicted octanol–water partition coefficient (Wildman–Crippen LogP) is 6.47. The van der Waals surface area contributed by atoms with Crippen LogP contribution in [0.5, 0.6) is 5.75 Å². The molecule has 0 N–H and O–H groups in total. The molecule has 41 heavy (non-hydrogen) atoms. The van der Waals surface area contributed by atoms with Gasteiger partial charge in [0, 0.05) is 43.7 Å². The molecule has 0 saturated carbocycles. The molecular weight excluding hydrogens is 522 g/mol. The lowest BCUT2D eigenvalue weighted by molar-refractivity contribution is 0.0270. The molecule has 2 aromatic heterocycles. The van der Waals surface area contributed by atoms with Crippen molar-refractivity contribution in [2.45, 2.75) is 65.8 Å². The molecule has 2 aliphatic heterocycles. The summed E-state index contributed by atoms with van der Waals surface area (Å²) in [6.45, 7) is 12.3. The van der Waals surface area contributed by atoms with Crippen molar-refractivity contribution < 1.29 is 23.8 Å². The molecule has 5 rings (SSSR count). The van der Waals surface area contributed by atoms with Crippen LogP contribution < -0.4 is 9.64 Å². The molecule has 0 unspecified atom stereocenters. The Bertz CT molecular complexity index is 1510. The number of ether oxygens (including phenoxy) is 3. The minimum absolute atomic E-state index is 0.215. The van der Waals surface area contributed by atoms with E-state index in [0.29, 0.717) is 36.8 Å². The summed E-state index contributed by atoms with van der Waals surface area (Å²) < 4.78 is 19.4. The van der Waals surface area contributed by atoms with Crippen LogP contribution in [-0.4, -0.2) is 56.1 Å². The van der Waals surface area contributed by atoms with E-state index in [2.05, 4.69) is 10.1 Å². The summed E-state index contributed by atoms with van der Waals surface area (Å²) in [4.78, 5) is 34.2. The Balaban J connectivity index is 1.54. The largest absolute Gasteiger partial charge is 0.487 e. The molecule has 3 aromatic rings. The maximum absolute atomic E-state index is 13.8. The quantitative estimate of drug-likeness (QED) is 0.355. The first kappa shape index (κ1) is 28.2. The first-order valence-electron chi connectivity index (χ1n) is 13.7. The van der Waals surface area contributed by atoms with Crippen molar-refractivity contribution in [2.75, 3.05) is 18.0 Å². The Hall–Kier alpha value is -4.34. The number of anilines is 2. The molecule has 10 heteroatoms. The summed E-state index contributed by atoms with van der Waals surface area (Å²) in [5.74, 6) is 0.992. The number of carbonyl (C=O) groups is 2. The van der Waals surface area contributed by atoms with Gasteiger partial charge in [-0.25, -0.2) is 19.5 Å². The minimum atomic E-state index is -0.722. The molecule has 0 bridgehead atoms. The maximum atomic E-state index is 13.8. The minimum Gasteiger partial charge on any atom is -0.487 e. The van der Waals surface area contributed by atoms with Gasteiger partial charge in [0.05, 0.1) is 11.9 Å². The number of amides is 2. The van der Waals surface area contributed by atoms with Crippen LogP contribution in [0.3, 0.4) is 0 Å². The highest BCUT2D eigenvalue weighted by Gasteiger charge is 2.34. The van der Waals surface area contributed by atoms with Crippen LogP contribution in [0.2, 0.25) is 0 Å². The molecule has 10 nitrogen and oxygen atoms in total. The van der Waals surface area contributed by atoms with Gasteiger partial charge in [-0.15, -0.1) is 0 Å². The lowest BCUT2D eigenvalue weighted by Crippen LogP contribution is -2.39. The first-order valence-corrected chi connectivity index (χ1v) is 13.7. The Labute approximate surface area is 240 Å². The molecule has 0 saturated heterocycles.